The van der Waals surface area contributed by atoms with E-state index < -0.39 is 0 Å². The van der Waals surface area contributed by atoms with Crippen molar-refractivity contribution >= 4 is 49.5 Å². The fourth-order valence-electron chi connectivity index (χ4n) is 3.54. The van der Waals surface area contributed by atoms with Gasteiger partial charge in [0.15, 0.2) is 5.82 Å². The van der Waals surface area contributed by atoms with E-state index in [9.17, 15) is 0 Å². The van der Waals surface area contributed by atoms with Crippen molar-refractivity contribution in [3.05, 3.63) is 51.5 Å². The number of imidazole rings is 1. The molecule has 4 aromatic rings. The number of aromatic amines is 1. The van der Waals surface area contributed by atoms with Crippen LogP contribution in [0.3, 0.4) is 0 Å². The molecular formula is C20H20BrClN4. The lowest BCUT2D eigenvalue weighted by Gasteiger charge is -2.06. The van der Waals surface area contributed by atoms with E-state index in [0.29, 0.717) is 6.54 Å². The minimum atomic E-state index is 0.703. The topological polar surface area (TPSA) is 59.6 Å². The molecule has 26 heavy (non-hydrogen) atoms. The summed E-state index contributed by atoms with van der Waals surface area (Å²) in [6.07, 6.45) is 2.96. The molecule has 0 saturated carbocycles. The van der Waals surface area contributed by atoms with E-state index in [0.717, 1.165) is 62.2 Å². The second-order valence-corrected chi connectivity index (χ2v) is 7.81. The Kier molecular flexibility index (Phi) is 4.78. The molecule has 4 nitrogen and oxygen atoms in total. The first kappa shape index (κ1) is 17.6. The van der Waals surface area contributed by atoms with E-state index in [4.69, 9.17) is 22.3 Å². The minimum absolute atomic E-state index is 0.703. The van der Waals surface area contributed by atoms with Gasteiger partial charge in [-0.25, -0.2) is 4.98 Å². The van der Waals surface area contributed by atoms with Crippen LogP contribution in [0.4, 0.5) is 0 Å². The van der Waals surface area contributed by atoms with Gasteiger partial charge in [0.2, 0.25) is 0 Å². The molecule has 0 aliphatic heterocycles. The second-order valence-electron chi connectivity index (χ2n) is 6.52. The summed E-state index contributed by atoms with van der Waals surface area (Å²) in [5.74, 6) is 0.938. The van der Waals surface area contributed by atoms with Crippen LogP contribution in [0.2, 0.25) is 5.02 Å². The number of nitrogens with zero attached hydrogens (tertiary/aromatic N) is 2. The third-order valence-corrected chi connectivity index (χ3v) is 5.67. The first-order valence-electron chi connectivity index (χ1n) is 8.71. The van der Waals surface area contributed by atoms with Crippen LogP contribution in [0.25, 0.3) is 33.5 Å². The highest BCUT2D eigenvalue weighted by Crippen LogP contribution is 2.37. The van der Waals surface area contributed by atoms with Crippen LogP contribution in [0.15, 0.2) is 40.9 Å². The summed E-state index contributed by atoms with van der Waals surface area (Å²) in [7, 11) is 2.06. The van der Waals surface area contributed by atoms with Crippen molar-refractivity contribution in [3.63, 3.8) is 0 Å². The largest absolute Gasteiger partial charge is 0.351 e. The number of para-hydroxylation sites is 2. The number of nitrogens with two attached hydrogens (primary N) is 1. The minimum Gasteiger partial charge on any atom is -0.351 e. The number of aryl methyl sites for hydroxylation is 2. The number of halogens is 2. The fourth-order valence-corrected chi connectivity index (χ4v) is 4.45. The highest BCUT2D eigenvalue weighted by atomic mass is 79.9. The van der Waals surface area contributed by atoms with Crippen LogP contribution in [0.5, 0.6) is 0 Å². The number of nitrogens with one attached hydrogen (secondary N) is 1. The molecule has 0 aliphatic rings. The first-order valence-corrected chi connectivity index (χ1v) is 9.88. The molecule has 2 aromatic carbocycles. The summed E-state index contributed by atoms with van der Waals surface area (Å²) in [6.45, 7) is 0.703. The fraction of sp³-hybridized carbons (Fsp3) is 0.250. The predicted octanol–water partition coefficient (Wildman–Crippen LogP) is 5.42. The van der Waals surface area contributed by atoms with E-state index in [-0.39, 0.29) is 0 Å². The first-order chi connectivity index (χ1) is 12.6. The Labute approximate surface area is 165 Å². The van der Waals surface area contributed by atoms with Gasteiger partial charge in [-0.1, -0.05) is 23.7 Å². The van der Waals surface area contributed by atoms with Crippen molar-refractivity contribution < 1.29 is 0 Å². The lowest BCUT2D eigenvalue weighted by Crippen LogP contribution is -2.00. The number of hydrogen-bond acceptors (Lipinski definition) is 2. The van der Waals surface area contributed by atoms with Crippen molar-refractivity contribution in [2.75, 3.05) is 6.54 Å². The van der Waals surface area contributed by atoms with Gasteiger partial charge in [0.1, 0.15) is 0 Å². The molecular weight excluding hydrogens is 412 g/mol. The lowest BCUT2D eigenvalue weighted by atomic mass is 10.0. The van der Waals surface area contributed by atoms with Gasteiger partial charge in [-0.05, 0) is 71.6 Å². The van der Waals surface area contributed by atoms with Gasteiger partial charge in [0.05, 0.1) is 22.2 Å². The lowest BCUT2D eigenvalue weighted by molar-refractivity contribution is 0.747. The molecule has 0 aliphatic carbocycles. The van der Waals surface area contributed by atoms with E-state index in [1.807, 2.05) is 30.3 Å². The number of aromatic nitrogens is 3. The Morgan fingerprint density at radius 2 is 2.04 bits per heavy atom. The quantitative estimate of drug-likeness (QED) is 0.415. The number of fused-ring (bicyclic) bond motifs is 2. The average molecular weight is 432 g/mol. The maximum atomic E-state index is 6.32. The second kappa shape index (κ2) is 7.06. The molecule has 0 atom stereocenters. The average Bonchev–Trinajstić information content (AvgIpc) is 3.14. The number of rotatable bonds is 5. The molecule has 0 saturated heterocycles. The summed E-state index contributed by atoms with van der Waals surface area (Å²) < 4.78 is 3.10. The van der Waals surface area contributed by atoms with Gasteiger partial charge in [-0.2, -0.15) is 0 Å². The third-order valence-electron chi connectivity index (χ3n) is 4.82. The molecule has 0 spiro atoms. The van der Waals surface area contributed by atoms with Crippen molar-refractivity contribution in [1.29, 1.82) is 0 Å². The highest BCUT2D eigenvalue weighted by molar-refractivity contribution is 9.10. The maximum Gasteiger partial charge on any atom is 0.157 e. The SMILES string of the molecule is Cn1c(-c2[nH]c3c(Br)cc(Cl)cc3c2CCCCN)nc2ccccc21. The smallest absolute Gasteiger partial charge is 0.157 e. The summed E-state index contributed by atoms with van der Waals surface area (Å²) in [6, 6.07) is 12.1. The standard InChI is InChI=1S/C20H20BrClN4/c1-26-17-8-3-2-7-16(17)24-20(26)19-13(6-4-5-9-23)14-10-12(22)11-15(21)18(14)25-19/h2-3,7-8,10-11,25H,4-6,9,23H2,1H3. The van der Waals surface area contributed by atoms with Crippen molar-refractivity contribution in [2.45, 2.75) is 19.3 Å². The van der Waals surface area contributed by atoms with Crippen LogP contribution in [-0.2, 0) is 13.5 Å². The van der Waals surface area contributed by atoms with Crippen LogP contribution in [-0.4, -0.2) is 21.1 Å². The summed E-state index contributed by atoms with van der Waals surface area (Å²) in [5, 5.41) is 1.86. The number of H-pyrrole nitrogens is 1. The van der Waals surface area contributed by atoms with E-state index in [2.05, 4.69) is 38.6 Å². The Balaban J connectivity index is 1.96. The van der Waals surface area contributed by atoms with Crippen LogP contribution in [0.1, 0.15) is 18.4 Å². The molecule has 134 valence electrons. The van der Waals surface area contributed by atoms with Crippen LogP contribution in [0, 0.1) is 0 Å². The van der Waals surface area contributed by atoms with Gasteiger partial charge >= 0.3 is 0 Å². The number of unbranched alkanes of at least 4 members (excludes halogenated alkanes) is 1. The molecule has 2 aromatic heterocycles. The highest BCUT2D eigenvalue weighted by Gasteiger charge is 2.19. The number of benzene rings is 2. The molecule has 6 heteroatoms. The van der Waals surface area contributed by atoms with Gasteiger partial charge in [-0.3, -0.25) is 0 Å². The normalized spacial score (nSPS) is 11.7. The van der Waals surface area contributed by atoms with E-state index in [1.54, 1.807) is 0 Å². The van der Waals surface area contributed by atoms with Crippen LogP contribution >= 0.6 is 27.5 Å². The Hall–Kier alpha value is -1.82. The molecule has 0 fully saturated rings. The molecule has 4 rings (SSSR count). The van der Waals surface area contributed by atoms with E-state index in [1.165, 1.54) is 5.56 Å². The Morgan fingerprint density at radius 1 is 1.23 bits per heavy atom. The molecule has 0 unspecified atom stereocenters. The van der Waals surface area contributed by atoms with Crippen LogP contribution < -0.4 is 5.73 Å². The van der Waals surface area contributed by atoms with Gasteiger partial charge in [-0.15, -0.1) is 0 Å². The third kappa shape index (κ3) is 2.94. The van der Waals surface area contributed by atoms with Crippen molar-refractivity contribution in [1.82, 2.24) is 14.5 Å². The Bertz CT molecular complexity index is 1100. The van der Waals surface area contributed by atoms with E-state index >= 15 is 0 Å². The summed E-state index contributed by atoms with van der Waals surface area (Å²) >= 11 is 9.96. The molecule has 3 N–H and O–H groups in total. The van der Waals surface area contributed by atoms with Gasteiger partial charge in [0.25, 0.3) is 0 Å². The number of hydrogen-bond donors (Lipinski definition) is 2. The van der Waals surface area contributed by atoms with Crippen molar-refractivity contribution in [2.24, 2.45) is 12.8 Å². The Morgan fingerprint density at radius 3 is 2.81 bits per heavy atom. The molecule has 0 radical (unpaired) electrons. The van der Waals surface area contributed by atoms with Gasteiger partial charge < -0.3 is 15.3 Å². The molecule has 0 amide bonds. The van der Waals surface area contributed by atoms with Gasteiger partial charge in [0, 0.05) is 21.9 Å². The zero-order chi connectivity index (χ0) is 18.3. The summed E-state index contributed by atoms with van der Waals surface area (Å²) in [4.78, 5) is 8.46. The zero-order valence-electron chi connectivity index (χ0n) is 14.5. The molecule has 2 heterocycles. The molecule has 0 bridgehead atoms. The maximum absolute atomic E-state index is 6.32. The summed E-state index contributed by atoms with van der Waals surface area (Å²) in [5.41, 5.74) is 11.2. The monoisotopic (exact) mass is 430 g/mol. The predicted molar refractivity (Wildman–Crippen MR) is 113 cm³/mol. The van der Waals surface area contributed by atoms with Crippen molar-refractivity contribution in [3.8, 4) is 11.5 Å². The zero-order valence-corrected chi connectivity index (χ0v) is 16.9.